The van der Waals surface area contributed by atoms with Gasteiger partial charge in [0.15, 0.2) is 17.5 Å². The van der Waals surface area contributed by atoms with Crippen molar-refractivity contribution in [3.05, 3.63) is 23.8 Å². The molecule has 1 aliphatic carbocycles. The molecular weight excluding hydrogens is 481 g/mol. The Kier molecular flexibility index (Phi) is 8.29. The average Bonchev–Trinajstić information content (AvgIpc) is 3.45. The highest BCUT2D eigenvalue weighted by Crippen LogP contribution is 2.36. The monoisotopic (exact) mass is 515 g/mol. The first-order chi connectivity index (χ1) is 13.8. The lowest BCUT2D eigenvalue weighted by atomic mass is 9.96. The molecule has 3 atom stereocenters. The molecule has 2 bridgehead atoms. The van der Waals surface area contributed by atoms with E-state index in [1.54, 1.807) is 7.11 Å². The van der Waals surface area contributed by atoms with Gasteiger partial charge in [-0.15, -0.1) is 24.0 Å². The predicted molar refractivity (Wildman–Crippen MR) is 126 cm³/mol. The Morgan fingerprint density at radius 1 is 1.21 bits per heavy atom. The zero-order chi connectivity index (χ0) is 19.3. The number of benzene rings is 1. The van der Waals surface area contributed by atoms with Gasteiger partial charge >= 0.3 is 0 Å². The van der Waals surface area contributed by atoms with Crippen LogP contribution in [-0.4, -0.2) is 44.0 Å². The van der Waals surface area contributed by atoms with Gasteiger partial charge in [0.25, 0.3) is 0 Å². The van der Waals surface area contributed by atoms with Crippen LogP contribution >= 0.6 is 24.0 Å². The Bertz CT molecular complexity index is 694. The van der Waals surface area contributed by atoms with E-state index in [0.717, 1.165) is 55.3 Å². The van der Waals surface area contributed by atoms with Gasteiger partial charge in [-0.3, -0.25) is 0 Å². The largest absolute Gasteiger partial charge is 0.493 e. The zero-order valence-corrected chi connectivity index (χ0v) is 19.8. The van der Waals surface area contributed by atoms with E-state index in [9.17, 15) is 0 Å². The lowest BCUT2D eigenvalue weighted by Gasteiger charge is -2.23. The molecule has 0 spiro atoms. The SMILES string of the molecule is CCNC(=NCc1cccc(OC)c1OC1CCCC1)NC1CC2CCC1O2.I. The maximum atomic E-state index is 6.34. The fraction of sp³-hybridized carbons (Fsp3) is 0.682. The van der Waals surface area contributed by atoms with Gasteiger partial charge in [-0.25, -0.2) is 4.99 Å². The summed E-state index contributed by atoms with van der Waals surface area (Å²) in [4.78, 5) is 4.84. The zero-order valence-electron chi connectivity index (χ0n) is 17.5. The summed E-state index contributed by atoms with van der Waals surface area (Å²) in [5.74, 6) is 2.48. The van der Waals surface area contributed by atoms with Gasteiger partial charge in [0, 0.05) is 12.1 Å². The number of aliphatic imine (C=N–C) groups is 1. The molecule has 2 saturated heterocycles. The van der Waals surface area contributed by atoms with E-state index >= 15 is 0 Å². The topological polar surface area (TPSA) is 64.1 Å². The molecule has 2 N–H and O–H groups in total. The lowest BCUT2D eigenvalue weighted by molar-refractivity contribution is 0.0992. The third-order valence-corrected chi connectivity index (χ3v) is 6.05. The molecule has 3 fully saturated rings. The lowest BCUT2D eigenvalue weighted by Crippen LogP contribution is -2.47. The van der Waals surface area contributed by atoms with Gasteiger partial charge < -0.3 is 24.8 Å². The van der Waals surface area contributed by atoms with Crippen LogP contribution in [-0.2, 0) is 11.3 Å². The molecule has 7 heteroatoms. The second-order valence-electron chi connectivity index (χ2n) is 8.03. The van der Waals surface area contributed by atoms with Crippen molar-refractivity contribution in [2.24, 2.45) is 4.99 Å². The maximum absolute atomic E-state index is 6.34. The van der Waals surface area contributed by atoms with Gasteiger partial charge in [0.05, 0.1) is 38.0 Å². The standard InChI is InChI=1S/C22H33N3O3.HI/c1-3-23-22(25-18-13-17-11-12-19(18)27-17)24-14-15-7-6-10-20(26-2)21(15)28-16-8-4-5-9-16;/h6-7,10,16-19H,3-5,8-9,11-14H2,1-2H3,(H2,23,24,25);1H. The molecule has 1 aromatic rings. The van der Waals surface area contributed by atoms with Crippen LogP contribution in [0.1, 0.15) is 57.4 Å². The smallest absolute Gasteiger partial charge is 0.191 e. The van der Waals surface area contributed by atoms with Crippen molar-refractivity contribution in [1.29, 1.82) is 0 Å². The number of rotatable bonds is 7. The van der Waals surface area contributed by atoms with Crippen molar-refractivity contribution < 1.29 is 14.2 Å². The molecule has 4 rings (SSSR count). The number of hydrogen-bond acceptors (Lipinski definition) is 4. The summed E-state index contributed by atoms with van der Waals surface area (Å²) in [7, 11) is 1.70. The summed E-state index contributed by atoms with van der Waals surface area (Å²) in [6.45, 7) is 3.47. The number of hydrogen-bond donors (Lipinski definition) is 2. The van der Waals surface area contributed by atoms with Gasteiger partial charge in [-0.1, -0.05) is 12.1 Å². The molecule has 3 unspecified atom stereocenters. The van der Waals surface area contributed by atoms with Crippen LogP contribution in [0.5, 0.6) is 11.5 Å². The number of guanidine groups is 1. The quantitative estimate of drug-likeness (QED) is 0.327. The minimum atomic E-state index is 0. The van der Waals surface area contributed by atoms with E-state index in [4.69, 9.17) is 19.2 Å². The molecule has 162 valence electrons. The molecular formula is C22H34IN3O3. The van der Waals surface area contributed by atoms with Gasteiger partial charge in [0.2, 0.25) is 0 Å². The first kappa shape index (κ1) is 22.5. The average molecular weight is 515 g/mol. The number of nitrogens with one attached hydrogen (secondary N) is 2. The van der Waals surface area contributed by atoms with Crippen LogP contribution in [0, 0.1) is 0 Å². The van der Waals surface area contributed by atoms with Gasteiger partial charge in [-0.2, -0.15) is 0 Å². The minimum Gasteiger partial charge on any atom is -0.493 e. The highest BCUT2D eigenvalue weighted by Gasteiger charge is 2.41. The second-order valence-corrected chi connectivity index (χ2v) is 8.03. The fourth-order valence-electron chi connectivity index (χ4n) is 4.60. The molecule has 3 aliphatic rings. The van der Waals surface area contributed by atoms with E-state index in [2.05, 4.69) is 23.6 Å². The number of ether oxygens (including phenoxy) is 3. The highest BCUT2D eigenvalue weighted by molar-refractivity contribution is 14.0. The molecule has 2 aliphatic heterocycles. The minimum absolute atomic E-state index is 0. The van der Waals surface area contributed by atoms with Crippen molar-refractivity contribution in [2.45, 2.75) is 82.8 Å². The van der Waals surface area contributed by atoms with Crippen molar-refractivity contribution in [3.8, 4) is 11.5 Å². The molecule has 2 heterocycles. The molecule has 29 heavy (non-hydrogen) atoms. The molecule has 0 aromatic heterocycles. The van der Waals surface area contributed by atoms with Gasteiger partial charge in [-0.05, 0) is 57.9 Å². The van der Waals surface area contributed by atoms with Crippen LogP contribution < -0.4 is 20.1 Å². The molecule has 1 saturated carbocycles. The second kappa shape index (κ2) is 10.7. The Hall–Kier alpha value is -1.22. The van der Waals surface area contributed by atoms with Crippen molar-refractivity contribution >= 4 is 29.9 Å². The Balaban J connectivity index is 0.00000240. The number of nitrogens with zero attached hydrogens (tertiary/aromatic N) is 1. The van der Waals surface area contributed by atoms with E-state index < -0.39 is 0 Å². The Labute approximate surface area is 191 Å². The van der Waals surface area contributed by atoms with Crippen molar-refractivity contribution in [2.75, 3.05) is 13.7 Å². The third kappa shape index (κ3) is 5.48. The first-order valence-electron chi connectivity index (χ1n) is 10.8. The van der Waals surface area contributed by atoms with Crippen molar-refractivity contribution in [3.63, 3.8) is 0 Å². The maximum Gasteiger partial charge on any atom is 0.191 e. The number of para-hydroxylation sites is 1. The van der Waals surface area contributed by atoms with Crippen LogP contribution in [0.4, 0.5) is 0 Å². The summed E-state index contributed by atoms with van der Waals surface area (Å²) in [6.07, 6.45) is 9.19. The normalized spacial score (nSPS) is 26.3. The Morgan fingerprint density at radius 2 is 2.03 bits per heavy atom. The summed E-state index contributed by atoms with van der Waals surface area (Å²) in [5, 5.41) is 6.95. The van der Waals surface area contributed by atoms with E-state index in [1.807, 2.05) is 12.1 Å². The van der Waals surface area contributed by atoms with Gasteiger partial charge in [0.1, 0.15) is 0 Å². The predicted octanol–water partition coefficient (Wildman–Crippen LogP) is 4.01. The summed E-state index contributed by atoms with van der Waals surface area (Å²) >= 11 is 0. The van der Waals surface area contributed by atoms with Crippen LogP contribution in [0.15, 0.2) is 23.2 Å². The Morgan fingerprint density at radius 3 is 2.69 bits per heavy atom. The molecule has 0 radical (unpaired) electrons. The van der Waals surface area contributed by atoms with E-state index in [-0.39, 0.29) is 30.1 Å². The van der Waals surface area contributed by atoms with Crippen molar-refractivity contribution in [1.82, 2.24) is 10.6 Å². The molecule has 0 amide bonds. The van der Waals surface area contributed by atoms with Crippen LogP contribution in [0.2, 0.25) is 0 Å². The van der Waals surface area contributed by atoms with E-state index in [0.29, 0.717) is 24.8 Å². The number of methoxy groups -OCH3 is 1. The summed E-state index contributed by atoms with van der Waals surface area (Å²) in [5.41, 5.74) is 1.06. The summed E-state index contributed by atoms with van der Waals surface area (Å²) in [6, 6.07) is 6.42. The summed E-state index contributed by atoms with van der Waals surface area (Å²) < 4.78 is 17.9. The number of fused-ring (bicyclic) bond motifs is 2. The molecule has 6 nitrogen and oxygen atoms in total. The highest BCUT2D eigenvalue weighted by atomic mass is 127. The van der Waals surface area contributed by atoms with E-state index in [1.165, 1.54) is 19.3 Å². The molecule has 1 aromatic carbocycles. The van der Waals surface area contributed by atoms with Crippen LogP contribution in [0.25, 0.3) is 0 Å². The van der Waals surface area contributed by atoms with Crippen LogP contribution in [0.3, 0.4) is 0 Å². The first-order valence-corrected chi connectivity index (χ1v) is 10.8. The third-order valence-electron chi connectivity index (χ3n) is 6.05. The number of halogens is 1. The fourth-order valence-corrected chi connectivity index (χ4v) is 4.60.